The predicted octanol–water partition coefficient (Wildman–Crippen LogP) is 0.702. The lowest BCUT2D eigenvalue weighted by molar-refractivity contribution is 0.691. The van der Waals surface area contributed by atoms with E-state index in [0.29, 0.717) is 0 Å². The van der Waals surface area contributed by atoms with Crippen molar-refractivity contribution < 1.29 is 0 Å². The minimum atomic E-state index is 0.829. The summed E-state index contributed by atoms with van der Waals surface area (Å²) in [6, 6.07) is 2.02. The molecule has 1 N–H and O–H groups in total. The number of amidine groups is 1. The van der Waals surface area contributed by atoms with Gasteiger partial charge in [0.05, 0.1) is 18.1 Å². The summed E-state index contributed by atoms with van der Waals surface area (Å²) < 4.78 is 1.88. The molecule has 0 radical (unpaired) electrons. The van der Waals surface area contributed by atoms with Gasteiger partial charge in [0.1, 0.15) is 0 Å². The number of hydrogen-bond acceptors (Lipinski definition) is 3. The zero-order chi connectivity index (χ0) is 9.10. The van der Waals surface area contributed by atoms with Gasteiger partial charge in [-0.2, -0.15) is 5.10 Å². The molecule has 0 atom stereocenters. The van der Waals surface area contributed by atoms with Crippen LogP contribution in [0.5, 0.6) is 0 Å². The molecule has 4 nitrogen and oxygen atoms in total. The quantitative estimate of drug-likeness (QED) is 0.724. The molecule has 70 valence electrons. The Balaban J connectivity index is 1.89. The van der Waals surface area contributed by atoms with E-state index in [1.807, 2.05) is 24.0 Å². The monoisotopic (exact) mass is 178 g/mol. The van der Waals surface area contributed by atoms with Crippen LogP contribution in [0.1, 0.15) is 18.5 Å². The summed E-state index contributed by atoms with van der Waals surface area (Å²) in [6.45, 7) is 1.81. The first-order valence-electron chi connectivity index (χ1n) is 4.60. The molecule has 1 aliphatic heterocycles. The van der Waals surface area contributed by atoms with Crippen molar-refractivity contribution in [1.29, 1.82) is 0 Å². The first-order chi connectivity index (χ1) is 6.36. The standard InChI is InChI=1S/C9H14N4/c1-13-8(4-6-12-13)7-11-9-3-2-5-10-9/h4,6H,2-3,5,7H2,1H3,(H,10,11). The smallest absolute Gasteiger partial charge is 0.0966 e. The van der Waals surface area contributed by atoms with E-state index < -0.39 is 0 Å². The zero-order valence-corrected chi connectivity index (χ0v) is 7.82. The van der Waals surface area contributed by atoms with Crippen LogP contribution in [0.25, 0.3) is 0 Å². The number of aliphatic imine (C=N–C) groups is 1. The number of nitrogens with zero attached hydrogens (tertiary/aromatic N) is 3. The van der Waals surface area contributed by atoms with Gasteiger partial charge in [0, 0.05) is 26.2 Å². The third-order valence-electron chi connectivity index (χ3n) is 2.27. The number of aromatic nitrogens is 2. The van der Waals surface area contributed by atoms with Crippen molar-refractivity contribution in [1.82, 2.24) is 15.1 Å². The van der Waals surface area contributed by atoms with Gasteiger partial charge in [0.15, 0.2) is 0 Å². The van der Waals surface area contributed by atoms with Crippen molar-refractivity contribution in [3.8, 4) is 0 Å². The van der Waals surface area contributed by atoms with Crippen LogP contribution in [0.2, 0.25) is 0 Å². The molecule has 1 aromatic rings. The van der Waals surface area contributed by atoms with E-state index in [4.69, 9.17) is 0 Å². The second-order valence-electron chi connectivity index (χ2n) is 3.23. The molecule has 0 aromatic carbocycles. The normalized spacial score (nSPS) is 15.9. The number of hydrogen-bond donors (Lipinski definition) is 1. The van der Waals surface area contributed by atoms with Gasteiger partial charge < -0.3 is 5.32 Å². The van der Waals surface area contributed by atoms with E-state index in [0.717, 1.165) is 25.3 Å². The molecule has 0 bridgehead atoms. The fourth-order valence-electron chi connectivity index (χ4n) is 1.45. The number of aryl methyl sites for hydroxylation is 1. The minimum absolute atomic E-state index is 0.829. The van der Waals surface area contributed by atoms with E-state index >= 15 is 0 Å². The molecule has 0 spiro atoms. The van der Waals surface area contributed by atoms with Crippen LogP contribution in [-0.4, -0.2) is 22.2 Å². The molecule has 0 saturated carbocycles. The summed E-state index contributed by atoms with van der Waals surface area (Å²) in [5.74, 6) is 1.14. The van der Waals surface area contributed by atoms with Crippen molar-refractivity contribution in [2.45, 2.75) is 19.4 Å². The van der Waals surface area contributed by atoms with Crippen molar-refractivity contribution in [3.05, 3.63) is 18.0 Å². The Morgan fingerprint density at radius 3 is 3.15 bits per heavy atom. The Morgan fingerprint density at radius 1 is 1.62 bits per heavy atom. The molecule has 1 aromatic heterocycles. The lowest BCUT2D eigenvalue weighted by Gasteiger charge is -2.05. The molecule has 0 amide bonds. The van der Waals surface area contributed by atoms with Crippen molar-refractivity contribution in [2.24, 2.45) is 12.0 Å². The zero-order valence-electron chi connectivity index (χ0n) is 7.82. The fourth-order valence-corrected chi connectivity index (χ4v) is 1.45. The number of rotatable bonds is 2. The molecule has 13 heavy (non-hydrogen) atoms. The van der Waals surface area contributed by atoms with Gasteiger partial charge in [-0.1, -0.05) is 0 Å². The number of nitrogens with one attached hydrogen (secondary N) is 1. The minimum Gasteiger partial charge on any atom is -0.368 e. The largest absolute Gasteiger partial charge is 0.368 e. The first kappa shape index (κ1) is 8.29. The third-order valence-corrected chi connectivity index (χ3v) is 2.27. The first-order valence-corrected chi connectivity index (χ1v) is 4.60. The SMILES string of the molecule is Cn1nccc1CNC1=NCCC1. The molecule has 0 aliphatic carbocycles. The lowest BCUT2D eigenvalue weighted by atomic mass is 10.3. The second-order valence-corrected chi connectivity index (χ2v) is 3.23. The van der Waals surface area contributed by atoms with Gasteiger partial charge in [-0.15, -0.1) is 0 Å². The van der Waals surface area contributed by atoms with E-state index in [2.05, 4.69) is 15.4 Å². The summed E-state index contributed by atoms with van der Waals surface area (Å²) in [4.78, 5) is 4.34. The fraction of sp³-hybridized carbons (Fsp3) is 0.556. The molecular formula is C9H14N4. The Kier molecular flexibility index (Phi) is 2.29. The summed E-state index contributed by atoms with van der Waals surface area (Å²) in [5, 5.41) is 7.41. The maximum Gasteiger partial charge on any atom is 0.0966 e. The van der Waals surface area contributed by atoms with E-state index in [1.165, 1.54) is 12.1 Å². The Morgan fingerprint density at radius 2 is 2.54 bits per heavy atom. The van der Waals surface area contributed by atoms with Gasteiger partial charge in [0.2, 0.25) is 0 Å². The molecular weight excluding hydrogens is 164 g/mol. The van der Waals surface area contributed by atoms with Gasteiger partial charge in [-0.05, 0) is 12.5 Å². The van der Waals surface area contributed by atoms with Crippen LogP contribution < -0.4 is 5.32 Å². The topological polar surface area (TPSA) is 42.2 Å². The molecule has 0 unspecified atom stereocenters. The van der Waals surface area contributed by atoms with Crippen molar-refractivity contribution in [3.63, 3.8) is 0 Å². The van der Waals surface area contributed by atoms with Gasteiger partial charge >= 0.3 is 0 Å². The van der Waals surface area contributed by atoms with E-state index in [9.17, 15) is 0 Å². The van der Waals surface area contributed by atoms with Crippen molar-refractivity contribution >= 4 is 5.84 Å². The van der Waals surface area contributed by atoms with Crippen molar-refractivity contribution in [2.75, 3.05) is 6.54 Å². The highest BCUT2D eigenvalue weighted by Crippen LogP contribution is 2.02. The Bertz CT molecular complexity index is 313. The van der Waals surface area contributed by atoms with Crippen LogP contribution in [0.4, 0.5) is 0 Å². The van der Waals surface area contributed by atoms with E-state index in [1.54, 1.807) is 0 Å². The van der Waals surface area contributed by atoms with Gasteiger partial charge in [-0.25, -0.2) is 0 Å². The summed E-state index contributed by atoms with van der Waals surface area (Å²) in [7, 11) is 1.95. The summed E-state index contributed by atoms with van der Waals surface area (Å²) in [5.41, 5.74) is 1.19. The Labute approximate surface area is 77.7 Å². The van der Waals surface area contributed by atoms with Gasteiger partial charge in [0.25, 0.3) is 0 Å². The average Bonchev–Trinajstić information content (AvgIpc) is 2.72. The molecule has 4 heteroatoms. The van der Waals surface area contributed by atoms with Crippen LogP contribution in [0.3, 0.4) is 0 Å². The molecule has 2 heterocycles. The maximum absolute atomic E-state index is 4.34. The predicted molar refractivity (Wildman–Crippen MR) is 51.6 cm³/mol. The lowest BCUT2D eigenvalue weighted by Crippen LogP contribution is -2.22. The van der Waals surface area contributed by atoms with Gasteiger partial charge in [-0.3, -0.25) is 9.67 Å². The van der Waals surface area contributed by atoms with Crippen LogP contribution >= 0.6 is 0 Å². The molecule has 2 rings (SSSR count). The third kappa shape index (κ3) is 1.88. The van der Waals surface area contributed by atoms with E-state index in [-0.39, 0.29) is 0 Å². The summed E-state index contributed by atoms with van der Waals surface area (Å²) in [6.07, 6.45) is 4.10. The highest BCUT2D eigenvalue weighted by molar-refractivity contribution is 5.83. The average molecular weight is 178 g/mol. The molecule has 0 fully saturated rings. The Hall–Kier alpha value is -1.32. The van der Waals surface area contributed by atoms with Crippen LogP contribution in [0.15, 0.2) is 17.3 Å². The molecule has 0 saturated heterocycles. The van der Waals surface area contributed by atoms with Crippen LogP contribution in [-0.2, 0) is 13.6 Å². The second kappa shape index (κ2) is 3.60. The maximum atomic E-state index is 4.34. The molecule has 1 aliphatic rings. The highest BCUT2D eigenvalue weighted by Gasteiger charge is 2.05. The van der Waals surface area contributed by atoms with Crippen LogP contribution in [0, 0.1) is 0 Å². The highest BCUT2D eigenvalue weighted by atomic mass is 15.3. The summed E-state index contributed by atoms with van der Waals surface area (Å²) >= 11 is 0.